The fraction of sp³-hybridized carbons (Fsp3) is 0.484. The Morgan fingerprint density at radius 2 is 1.83 bits per heavy atom. The molecule has 0 N–H and O–H groups in total. The van der Waals surface area contributed by atoms with Crippen molar-refractivity contribution in [1.29, 1.82) is 0 Å². The molecule has 1 saturated carbocycles. The Labute approximate surface area is 240 Å². The molecule has 4 aromatic rings. The minimum Gasteiger partial charge on any atom is -0.467 e. The summed E-state index contributed by atoms with van der Waals surface area (Å²) in [5.41, 5.74) is 3.74. The minimum atomic E-state index is -0.510. The van der Waals surface area contributed by atoms with E-state index < -0.39 is 5.60 Å². The van der Waals surface area contributed by atoms with Gasteiger partial charge in [0.05, 0.1) is 34.5 Å². The Morgan fingerprint density at radius 1 is 1.05 bits per heavy atom. The maximum absolute atomic E-state index is 13.1. The second kappa shape index (κ2) is 10.8. The summed E-state index contributed by atoms with van der Waals surface area (Å²) < 4.78 is 18.7. The summed E-state index contributed by atoms with van der Waals surface area (Å²) in [4.78, 5) is 27.3. The Balaban J connectivity index is 1.24. The number of aromatic nitrogens is 4. The van der Waals surface area contributed by atoms with Gasteiger partial charge in [-0.1, -0.05) is 0 Å². The topological polar surface area (TPSA) is 94.8 Å². The molecule has 2 aliphatic rings. The molecule has 4 heterocycles. The number of carbonyl (C=O) groups is 1. The third-order valence-corrected chi connectivity index (χ3v) is 7.94. The number of aryl methyl sites for hydroxylation is 1. The third-order valence-electron chi connectivity index (χ3n) is 7.94. The molecule has 1 aliphatic carbocycles. The highest BCUT2D eigenvalue weighted by Gasteiger charge is 2.40. The molecule has 0 radical (unpaired) electrons. The van der Waals surface area contributed by atoms with E-state index in [-0.39, 0.29) is 25.0 Å². The number of fused-ring (bicyclic) bond motifs is 2. The number of ether oxygens (including phenoxy) is 3. The summed E-state index contributed by atoms with van der Waals surface area (Å²) in [7, 11) is 3.51. The van der Waals surface area contributed by atoms with Gasteiger partial charge in [0.15, 0.2) is 6.79 Å². The van der Waals surface area contributed by atoms with Gasteiger partial charge >= 0.3 is 6.09 Å². The fourth-order valence-electron chi connectivity index (χ4n) is 5.70. The molecule has 10 nitrogen and oxygen atoms in total. The Hall–Kier alpha value is -3.92. The van der Waals surface area contributed by atoms with Gasteiger partial charge in [0.2, 0.25) is 0 Å². The average Bonchev–Trinajstić information content (AvgIpc) is 3.54. The largest absolute Gasteiger partial charge is 0.467 e. The summed E-state index contributed by atoms with van der Waals surface area (Å²) in [5, 5.41) is 5.38. The van der Waals surface area contributed by atoms with Crippen molar-refractivity contribution in [3.05, 3.63) is 42.6 Å². The highest BCUT2D eigenvalue weighted by Crippen LogP contribution is 2.35. The predicted molar refractivity (Wildman–Crippen MR) is 158 cm³/mol. The molecule has 1 aliphatic heterocycles. The first kappa shape index (κ1) is 27.3. The lowest BCUT2D eigenvalue weighted by Gasteiger charge is -2.41. The molecule has 216 valence electrons. The van der Waals surface area contributed by atoms with E-state index in [0.29, 0.717) is 5.75 Å². The van der Waals surface area contributed by atoms with Crippen LogP contribution in [-0.2, 0) is 16.5 Å². The zero-order valence-electron chi connectivity index (χ0n) is 24.5. The zero-order chi connectivity index (χ0) is 28.7. The van der Waals surface area contributed by atoms with Crippen LogP contribution >= 0.6 is 0 Å². The van der Waals surface area contributed by atoms with Gasteiger partial charge in [-0.25, -0.2) is 14.8 Å². The van der Waals surface area contributed by atoms with Crippen LogP contribution in [0.1, 0.15) is 46.5 Å². The standard InChI is InChI=1S/C31H38N6O4/c1-31(2,3)41-30(38)37(21-7-6-8-21)22-13-14-36(18-22)29-12-11-25-26(34-29)10-9-24(33-25)23-15-20-17-32-35(4)27(20)16-28(23)40-19-39-5/h9-12,15-17,21-22H,6-8,13-14,18-19H2,1-5H3/t22-/m0/s1. The number of amides is 1. The SMILES string of the molecule is COCOc1cc2c(cnn2C)cc1-c1ccc2nc(N3CC[C@H](N(C(=O)OC(C)(C)C)C4CCC4)C3)ccc2n1. The van der Waals surface area contributed by atoms with Crippen LogP contribution in [0.2, 0.25) is 0 Å². The van der Waals surface area contributed by atoms with Crippen LogP contribution < -0.4 is 9.64 Å². The van der Waals surface area contributed by atoms with Crippen LogP contribution in [0.15, 0.2) is 42.6 Å². The second-order valence-electron chi connectivity index (χ2n) is 12.0. The normalized spacial score (nSPS) is 17.7. The second-order valence-corrected chi connectivity index (χ2v) is 12.0. The van der Waals surface area contributed by atoms with Gasteiger partial charge in [0.25, 0.3) is 0 Å². The van der Waals surface area contributed by atoms with Crippen LogP contribution in [0.3, 0.4) is 0 Å². The molecule has 1 amide bonds. The van der Waals surface area contributed by atoms with Crippen molar-refractivity contribution in [3.63, 3.8) is 0 Å². The number of carbonyl (C=O) groups excluding carboxylic acids is 1. The molecular weight excluding hydrogens is 520 g/mol. The first-order chi connectivity index (χ1) is 19.7. The predicted octanol–water partition coefficient (Wildman–Crippen LogP) is 5.53. The van der Waals surface area contributed by atoms with Crippen LogP contribution in [0, 0.1) is 0 Å². The van der Waals surface area contributed by atoms with Gasteiger partial charge in [-0.2, -0.15) is 5.10 Å². The lowest BCUT2D eigenvalue weighted by molar-refractivity contribution is -0.00351. The molecule has 1 atom stereocenters. The number of benzene rings is 1. The molecule has 6 rings (SSSR count). The van der Waals surface area contributed by atoms with Gasteiger partial charge in [-0.15, -0.1) is 0 Å². The molecule has 1 aromatic carbocycles. The number of rotatable bonds is 7. The van der Waals surface area contributed by atoms with Gasteiger partial charge in [-0.3, -0.25) is 4.68 Å². The Bertz CT molecular complexity index is 1570. The van der Waals surface area contributed by atoms with E-state index in [0.717, 1.165) is 77.8 Å². The quantitative estimate of drug-likeness (QED) is 0.273. The van der Waals surface area contributed by atoms with Crippen molar-refractivity contribution in [2.75, 3.05) is 31.9 Å². The van der Waals surface area contributed by atoms with Crippen LogP contribution in [0.5, 0.6) is 5.75 Å². The van der Waals surface area contributed by atoms with Crippen LogP contribution in [0.4, 0.5) is 10.6 Å². The van der Waals surface area contributed by atoms with E-state index >= 15 is 0 Å². The van der Waals surface area contributed by atoms with E-state index in [9.17, 15) is 4.79 Å². The molecule has 41 heavy (non-hydrogen) atoms. The van der Waals surface area contributed by atoms with Crippen molar-refractivity contribution in [1.82, 2.24) is 24.6 Å². The number of hydrogen-bond donors (Lipinski definition) is 0. The number of hydrogen-bond acceptors (Lipinski definition) is 8. The highest BCUT2D eigenvalue weighted by atomic mass is 16.7. The van der Waals surface area contributed by atoms with Gasteiger partial charge in [-0.05, 0) is 76.8 Å². The first-order valence-electron chi connectivity index (χ1n) is 14.3. The molecule has 1 saturated heterocycles. The van der Waals surface area contributed by atoms with Crippen LogP contribution in [-0.4, -0.2) is 75.4 Å². The monoisotopic (exact) mass is 558 g/mol. The number of anilines is 1. The number of methoxy groups -OCH3 is 1. The molecule has 3 aromatic heterocycles. The number of pyridine rings is 2. The van der Waals surface area contributed by atoms with Crippen molar-refractivity contribution in [2.45, 2.75) is 64.1 Å². The Morgan fingerprint density at radius 3 is 2.56 bits per heavy atom. The lowest BCUT2D eigenvalue weighted by Crippen LogP contribution is -2.52. The number of nitrogens with zero attached hydrogens (tertiary/aromatic N) is 6. The average molecular weight is 559 g/mol. The zero-order valence-corrected chi connectivity index (χ0v) is 24.5. The van der Waals surface area contributed by atoms with Gasteiger partial charge in [0.1, 0.15) is 17.2 Å². The summed E-state index contributed by atoms with van der Waals surface area (Å²) in [6, 6.07) is 12.4. The molecule has 0 unspecified atom stereocenters. The van der Waals surface area contributed by atoms with E-state index in [1.54, 1.807) is 7.11 Å². The lowest BCUT2D eigenvalue weighted by atomic mass is 9.90. The van der Waals surface area contributed by atoms with Gasteiger partial charge in [0, 0.05) is 50.3 Å². The van der Waals surface area contributed by atoms with E-state index in [1.807, 2.05) is 80.0 Å². The smallest absolute Gasteiger partial charge is 0.410 e. The van der Waals surface area contributed by atoms with Crippen molar-refractivity contribution < 1.29 is 19.0 Å². The summed E-state index contributed by atoms with van der Waals surface area (Å²) in [6.07, 6.45) is 5.79. The molecule has 0 bridgehead atoms. The summed E-state index contributed by atoms with van der Waals surface area (Å²) in [6.45, 7) is 7.49. The van der Waals surface area contributed by atoms with Crippen molar-refractivity contribution in [3.8, 4) is 17.0 Å². The van der Waals surface area contributed by atoms with Crippen LogP contribution in [0.25, 0.3) is 33.2 Å². The Kier molecular flexibility index (Phi) is 7.19. The van der Waals surface area contributed by atoms with E-state index in [4.69, 9.17) is 24.2 Å². The van der Waals surface area contributed by atoms with Crippen molar-refractivity contribution >= 4 is 33.8 Å². The summed E-state index contributed by atoms with van der Waals surface area (Å²) >= 11 is 0. The molecule has 10 heteroatoms. The van der Waals surface area contributed by atoms with Crippen molar-refractivity contribution in [2.24, 2.45) is 7.05 Å². The maximum Gasteiger partial charge on any atom is 0.410 e. The molecule has 0 spiro atoms. The minimum absolute atomic E-state index is 0.112. The van der Waals surface area contributed by atoms with E-state index in [2.05, 4.69) is 10.00 Å². The maximum atomic E-state index is 13.1. The highest BCUT2D eigenvalue weighted by molar-refractivity contribution is 5.89. The van der Waals surface area contributed by atoms with E-state index in [1.165, 1.54) is 0 Å². The molecule has 2 fully saturated rings. The molecular formula is C31H38N6O4. The first-order valence-corrected chi connectivity index (χ1v) is 14.3. The van der Waals surface area contributed by atoms with Gasteiger partial charge < -0.3 is 24.0 Å². The third kappa shape index (κ3) is 5.53. The summed E-state index contributed by atoms with van der Waals surface area (Å²) in [5.74, 6) is 1.58. The fourth-order valence-corrected chi connectivity index (χ4v) is 5.70.